The molecule has 0 aliphatic carbocycles. The van der Waals surface area contributed by atoms with Crippen LogP contribution >= 0.6 is 24.0 Å². The topological polar surface area (TPSA) is 66.0 Å². The van der Waals surface area contributed by atoms with E-state index in [1.165, 1.54) is 0 Å². The first-order chi connectivity index (χ1) is 12.6. The van der Waals surface area contributed by atoms with Crippen LogP contribution in [0, 0.1) is 5.92 Å². The lowest BCUT2D eigenvalue weighted by molar-refractivity contribution is 0.00752. The number of halogens is 1. The second kappa shape index (κ2) is 13.5. The van der Waals surface area contributed by atoms with Gasteiger partial charge in [-0.05, 0) is 18.1 Å². The number of benzene rings is 1. The predicted octanol–water partition coefficient (Wildman–Crippen LogP) is 1.93. The molecule has 2 unspecified atom stereocenters. The molecule has 1 saturated heterocycles. The molecule has 0 aromatic heterocycles. The van der Waals surface area contributed by atoms with Gasteiger partial charge in [0.15, 0.2) is 5.96 Å². The predicted molar refractivity (Wildman–Crippen MR) is 124 cm³/mol. The SMILES string of the molecule is CN=C(NCCS(=O)c1ccccc1)NCC(C(C)C)N1CCOCC1.I. The van der Waals surface area contributed by atoms with Gasteiger partial charge < -0.3 is 15.4 Å². The Labute approximate surface area is 183 Å². The van der Waals surface area contributed by atoms with Gasteiger partial charge in [0.2, 0.25) is 0 Å². The van der Waals surface area contributed by atoms with E-state index in [1.54, 1.807) is 7.05 Å². The van der Waals surface area contributed by atoms with Crippen LogP contribution in [0.15, 0.2) is 40.2 Å². The van der Waals surface area contributed by atoms with E-state index in [4.69, 9.17) is 4.74 Å². The van der Waals surface area contributed by atoms with Crippen LogP contribution in [0.1, 0.15) is 13.8 Å². The molecule has 1 heterocycles. The molecule has 1 aromatic rings. The molecule has 27 heavy (non-hydrogen) atoms. The summed E-state index contributed by atoms with van der Waals surface area (Å²) in [7, 11) is 0.773. The number of hydrogen-bond donors (Lipinski definition) is 2. The fourth-order valence-electron chi connectivity index (χ4n) is 3.07. The van der Waals surface area contributed by atoms with Crippen LogP contribution in [0.25, 0.3) is 0 Å². The van der Waals surface area contributed by atoms with Gasteiger partial charge in [-0.2, -0.15) is 0 Å². The largest absolute Gasteiger partial charge is 0.379 e. The lowest BCUT2D eigenvalue weighted by Gasteiger charge is -2.37. The van der Waals surface area contributed by atoms with Crippen LogP contribution < -0.4 is 10.6 Å². The van der Waals surface area contributed by atoms with Crippen LogP contribution in [-0.4, -0.2) is 73.3 Å². The average molecular weight is 508 g/mol. The van der Waals surface area contributed by atoms with Crippen LogP contribution in [0.4, 0.5) is 0 Å². The van der Waals surface area contributed by atoms with E-state index in [9.17, 15) is 4.21 Å². The maximum absolute atomic E-state index is 12.3. The summed E-state index contributed by atoms with van der Waals surface area (Å²) in [6, 6.07) is 10.0. The summed E-state index contributed by atoms with van der Waals surface area (Å²) >= 11 is 0. The Morgan fingerprint density at radius 2 is 1.89 bits per heavy atom. The van der Waals surface area contributed by atoms with Gasteiger partial charge in [-0.25, -0.2) is 0 Å². The lowest BCUT2D eigenvalue weighted by Crippen LogP contribution is -2.52. The van der Waals surface area contributed by atoms with Crippen LogP contribution in [0.3, 0.4) is 0 Å². The molecule has 6 nitrogen and oxygen atoms in total. The number of hydrogen-bond acceptors (Lipinski definition) is 4. The van der Waals surface area contributed by atoms with E-state index in [1.807, 2.05) is 30.3 Å². The number of nitrogens with zero attached hydrogens (tertiary/aromatic N) is 2. The second-order valence-electron chi connectivity index (χ2n) is 6.70. The standard InChI is InChI=1S/C19H32N4O2S.HI/c1-16(2)18(23-10-12-25-13-11-23)15-22-19(20-3)21-9-14-26(24)17-7-5-4-6-8-17;/h4-8,16,18H,9-15H2,1-3H3,(H2,20,21,22);1H. The maximum Gasteiger partial charge on any atom is 0.191 e. The van der Waals surface area contributed by atoms with Crippen molar-refractivity contribution in [2.75, 3.05) is 52.2 Å². The summed E-state index contributed by atoms with van der Waals surface area (Å²) in [5, 5.41) is 6.69. The van der Waals surface area contributed by atoms with Gasteiger partial charge in [-0.3, -0.25) is 14.1 Å². The van der Waals surface area contributed by atoms with Gasteiger partial charge in [-0.15, -0.1) is 24.0 Å². The van der Waals surface area contributed by atoms with E-state index in [0.29, 0.717) is 24.3 Å². The highest BCUT2D eigenvalue weighted by Crippen LogP contribution is 2.12. The molecule has 2 rings (SSSR count). The Kier molecular flexibility index (Phi) is 12.1. The number of ether oxygens (including phenoxy) is 1. The lowest BCUT2D eigenvalue weighted by atomic mass is 10.0. The van der Waals surface area contributed by atoms with Crippen molar-refractivity contribution in [1.29, 1.82) is 0 Å². The maximum atomic E-state index is 12.3. The number of aliphatic imine (C=N–C) groups is 1. The van der Waals surface area contributed by atoms with Crippen molar-refractivity contribution in [2.24, 2.45) is 10.9 Å². The molecule has 1 fully saturated rings. The summed E-state index contributed by atoms with van der Waals surface area (Å²) < 4.78 is 17.7. The number of rotatable bonds is 8. The van der Waals surface area contributed by atoms with Crippen molar-refractivity contribution >= 4 is 40.7 Å². The smallest absolute Gasteiger partial charge is 0.191 e. The minimum absolute atomic E-state index is 0. The van der Waals surface area contributed by atoms with E-state index < -0.39 is 10.8 Å². The first-order valence-electron chi connectivity index (χ1n) is 9.31. The van der Waals surface area contributed by atoms with Crippen LogP contribution in [0.2, 0.25) is 0 Å². The van der Waals surface area contributed by atoms with E-state index >= 15 is 0 Å². The summed E-state index contributed by atoms with van der Waals surface area (Å²) in [6.07, 6.45) is 0. The highest BCUT2D eigenvalue weighted by molar-refractivity contribution is 14.0. The minimum Gasteiger partial charge on any atom is -0.379 e. The third-order valence-electron chi connectivity index (χ3n) is 4.57. The Bertz CT molecular complexity index is 580. The zero-order valence-corrected chi connectivity index (χ0v) is 19.7. The highest BCUT2D eigenvalue weighted by atomic mass is 127. The fraction of sp³-hybridized carbons (Fsp3) is 0.632. The Balaban J connectivity index is 0.00000364. The molecule has 1 aromatic carbocycles. The second-order valence-corrected chi connectivity index (χ2v) is 8.27. The van der Waals surface area contributed by atoms with Crippen molar-refractivity contribution < 1.29 is 8.95 Å². The van der Waals surface area contributed by atoms with Gasteiger partial charge in [0.05, 0.1) is 24.0 Å². The van der Waals surface area contributed by atoms with Gasteiger partial charge in [0, 0.05) is 49.9 Å². The normalized spacial score (nSPS) is 17.9. The van der Waals surface area contributed by atoms with E-state index in [-0.39, 0.29) is 24.0 Å². The zero-order valence-electron chi connectivity index (χ0n) is 16.5. The Morgan fingerprint density at radius 1 is 1.22 bits per heavy atom. The number of nitrogens with one attached hydrogen (secondary N) is 2. The molecule has 0 bridgehead atoms. The van der Waals surface area contributed by atoms with Crippen molar-refractivity contribution in [3.63, 3.8) is 0 Å². The number of guanidine groups is 1. The first-order valence-corrected chi connectivity index (χ1v) is 10.6. The van der Waals surface area contributed by atoms with E-state index in [0.717, 1.165) is 43.7 Å². The molecule has 2 atom stereocenters. The van der Waals surface area contributed by atoms with E-state index in [2.05, 4.69) is 34.4 Å². The molecule has 154 valence electrons. The summed E-state index contributed by atoms with van der Waals surface area (Å²) in [6.45, 7) is 9.52. The average Bonchev–Trinajstić information content (AvgIpc) is 2.68. The molecule has 0 saturated carbocycles. The van der Waals surface area contributed by atoms with Crippen LogP contribution in [0.5, 0.6) is 0 Å². The van der Waals surface area contributed by atoms with Crippen molar-refractivity contribution in [2.45, 2.75) is 24.8 Å². The molecule has 1 aliphatic rings. The molecule has 0 radical (unpaired) electrons. The van der Waals surface area contributed by atoms with Crippen LogP contribution in [-0.2, 0) is 15.5 Å². The summed E-state index contributed by atoms with van der Waals surface area (Å²) in [4.78, 5) is 7.64. The fourth-order valence-corrected chi connectivity index (χ4v) is 4.05. The third-order valence-corrected chi connectivity index (χ3v) is 5.95. The highest BCUT2D eigenvalue weighted by Gasteiger charge is 2.23. The van der Waals surface area contributed by atoms with Crippen molar-refractivity contribution in [1.82, 2.24) is 15.5 Å². The molecular weight excluding hydrogens is 475 g/mol. The minimum atomic E-state index is -0.993. The molecule has 8 heteroatoms. The molecule has 2 N–H and O–H groups in total. The Hall–Kier alpha value is -0.710. The summed E-state index contributed by atoms with van der Waals surface area (Å²) in [5.74, 6) is 1.86. The first kappa shape index (κ1) is 24.3. The van der Waals surface area contributed by atoms with Gasteiger partial charge in [0.25, 0.3) is 0 Å². The molecular formula is C19H33IN4O2S. The Morgan fingerprint density at radius 3 is 2.48 bits per heavy atom. The number of morpholine rings is 1. The zero-order chi connectivity index (χ0) is 18.8. The third kappa shape index (κ3) is 8.45. The van der Waals surface area contributed by atoms with Gasteiger partial charge in [-0.1, -0.05) is 32.0 Å². The van der Waals surface area contributed by atoms with Gasteiger partial charge >= 0.3 is 0 Å². The van der Waals surface area contributed by atoms with Gasteiger partial charge in [0.1, 0.15) is 0 Å². The molecule has 0 amide bonds. The van der Waals surface area contributed by atoms with Crippen molar-refractivity contribution in [3.8, 4) is 0 Å². The monoisotopic (exact) mass is 508 g/mol. The molecule has 0 spiro atoms. The van der Waals surface area contributed by atoms with Crippen molar-refractivity contribution in [3.05, 3.63) is 30.3 Å². The summed E-state index contributed by atoms with van der Waals surface area (Å²) in [5.41, 5.74) is 0. The molecule has 1 aliphatic heterocycles. The quantitative estimate of drug-likeness (QED) is 0.319.